The van der Waals surface area contributed by atoms with Crippen LogP contribution in [0.1, 0.15) is 32.3 Å². The first kappa shape index (κ1) is 12.5. The Morgan fingerprint density at radius 1 is 1.16 bits per heavy atom. The maximum atomic E-state index is 12.8. The molecular weight excluding hydrogens is 236 g/mol. The first-order valence-corrected chi connectivity index (χ1v) is 7.18. The van der Waals surface area contributed by atoms with E-state index in [9.17, 15) is 4.79 Å². The van der Waals surface area contributed by atoms with Crippen LogP contribution in [0.4, 0.5) is 5.69 Å². The summed E-state index contributed by atoms with van der Waals surface area (Å²) >= 11 is 0. The van der Waals surface area contributed by atoms with Crippen molar-refractivity contribution >= 4 is 11.6 Å². The molecule has 3 rings (SSSR count). The zero-order valence-electron chi connectivity index (χ0n) is 11.7. The molecule has 2 atom stereocenters. The van der Waals surface area contributed by atoms with Crippen molar-refractivity contribution in [2.45, 2.75) is 32.1 Å². The van der Waals surface area contributed by atoms with E-state index in [0.717, 1.165) is 37.2 Å². The highest BCUT2D eigenvalue weighted by Crippen LogP contribution is 2.50. The topological polar surface area (TPSA) is 46.3 Å². The van der Waals surface area contributed by atoms with Crippen LogP contribution in [0.25, 0.3) is 0 Å². The van der Waals surface area contributed by atoms with Crippen molar-refractivity contribution in [3.05, 3.63) is 29.8 Å². The van der Waals surface area contributed by atoms with Crippen molar-refractivity contribution in [1.82, 2.24) is 4.90 Å². The normalized spacial score (nSPS) is 28.4. The quantitative estimate of drug-likeness (QED) is 0.828. The molecule has 1 aliphatic heterocycles. The maximum absolute atomic E-state index is 12.8. The number of rotatable bonds is 2. The second kappa shape index (κ2) is 4.26. The minimum absolute atomic E-state index is 0.239. The number of hydrogen-bond acceptors (Lipinski definition) is 2. The number of hydrogen-bond donors (Lipinski definition) is 1. The van der Waals surface area contributed by atoms with Gasteiger partial charge in [0.05, 0.1) is 5.41 Å². The lowest BCUT2D eigenvalue weighted by Gasteiger charge is -2.23. The Morgan fingerprint density at radius 3 is 2.16 bits per heavy atom. The summed E-state index contributed by atoms with van der Waals surface area (Å²) in [4.78, 5) is 14.9. The molecule has 3 heteroatoms. The van der Waals surface area contributed by atoms with Crippen molar-refractivity contribution in [3.8, 4) is 0 Å². The van der Waals surface area contributed by atoms with Crippen LogP contribution < -0.4 is 5.73 Å². The van der Waals surface area contributed by atoms with Gasteiger partial charge in [0.15, 0.2) is 0 Å². The molecule has 0 bridgehead atoms. The summed E-state index contributed by atoms with van der Waals surface area (Å²) < 4.78 is 0. The average Bonchev–Trinajstić information content (AvgIpc) is 3.13. The minimum atomic E-state index is -0.239. The number of nitrogens with zero attached hydrogens (tertiary/aromatic N) is 1. The fraction of sp³-hybridized carbons (Fsp3) is 0.562. The zero-order valence-corrected chi connectivity index (χ0v) is 11.7. The molecule has 102 valence electrons. The Balaban J connectivity index is 1.81. The molecule has 0 radical (unpaired) electrons. The second-order valence-electron chi connectivity index (χ2n) is 6.37. The number of nitrogens with two attached hydrogens (primary N) is 1. The molecule has 2 N–H and O–H groups in total. The van der Waals surface area contributed by atoms with E-state index in [1.165, 1.54) is 0 Å². The van der Waals surface area contributed by atoms with E-state index >= 15 is 0 Å². The first-order chi connectivity index (χ1) is 9.03. The predicted molar refractivity (Wildman–Crippen MR) is 76.7 cm³/mol. The van der Waals surface area contributed by atoms with Gasteiger partial charge in [-0.15, -0.1) is 0 Å². The van der Waals surface area contributed by atoms with E-state index in [1.807, 2.05) is 24.3 Å². The highest BCUT2D eigenvalue weighted by molar-refractivity contribution is 5.91. The van der Waals surface area contributed by atoms with Crippen LogP contribution in [0.3, 0.4) is 0 Å². The summed E-state index contributed by atoms with van der Waals surface area (Å²) in [6.07, 6.45) is 1.96. The van der Waals surface area contributed by atoms with Crippen molar-refractivity contribution in [2.75, 3.05) is 18.8 Å². The molecule has 0 aromatic heterocycles. The van der Waals surface area contributed by atoms with Crippen LogP contribution in [0, 0.1) is 11.8 Å². The standard InChI is InChI=1S/C16H22N2O/c1-11-9-18(10-12(11)2)15(19)16(7-8-16)13-3-5-14(17)6-4-13/h3-6,11-12H,7-10,17H2,1-2H3. The number of carbonyl (C=O) groups excluding carboxylic acids is 1. The number of benzene rings is 1. The highest BCUT2D eigenvalue weighted by atomic mass is 16.2. The molecule has 19 heavy (non-hydrogen) atoms. The van der Waals surface area contributed by atoms with Crippen LogP contribution >= 0.6 is 0 Å². The Kier molecular flexibility index (Phi) is 2.80. The summed E-state index contributed by atoms with van der Waals surface area (Å²) in [5.41, 5.74) is 7.39. The summed E-state index contributed by atoms with van der Waals surface area (Å²) in [7, 11) is 0. The van der Waals surface area contributed by atoms with Gasteiger partial charge >= 0.3 is 0 Å². The van der Waals surface area contributed by atoms with Gasteiger partial charge < -0.3 is 10.6 Å². The third-order valence-corrected chi connectivity index (χ3v) is 4.90. The van der Waals surface area contributed by atoms with Gasteiger partial charge in [0, 0.05) is 18.8 Å². The van der Waals surface area contributed by atoms with Crippen LogP contribution in [0.15, 0.2) is 24.3 Å². The smallest absolute Gasteiger partial charge is 0.233 e. The first-order valence-electron chi connectivity index (χ1n) is 7.18. The molecule has 1 heterocycles. The average molecular weight is 258 g/mol. The molecule has 1 saturated heterocycles. The lowest BCUT2D eigenvalue weighted by atomic mass is 9.94. The van der Waals surface area contributed by atoms with Gasteiger partial charge in [-0.3, -0.25) is 4.79 Å². The van der Waals surface area contributed by atoms with E-state index in [4.69, 9.17) is 5.73 Å². The second-order valence-corrected chi connectivity index (χ2v) is 6.37. The maximum Gasteiger partial charge on any atom is 0.233 e. The fourth-order valence-electron chi connectivity index (χ4n) is 3.15. The summed E-state index contributed by atoms with van der Waals surface area (Å²) in [6, 6.07) is 7.84. The molecular formula is C16H22N2O. The van der Waals surface area contributed by atoms with Gasteiger partial charge in [-0.2, -0.15) is 0 Å². The van der Waals surface area contributed by atoms with Gasteiger partial charge in [-0.05, 0) is 42.4 Å². The lowest BCUT2D eigenvalue weighted by Crippen LogP contribution is -2.38. The SMILES string of the molecule is CC1CN(C(=O)C2(c3ccc(N)cc3)CC2)CC1C. The molecule has 1 amide bonds. The third-order valence-electron chi connectivity index (χ3n) is 4.90. The molecule has 2 fully saturated rings. The van der Waals surface area contributed by atoms with E-state index in [2.05, 4.69) is 18.7 Å². The predicted octanol–water partition coefficient (Wildman–Crippen LogP) is 2.41. The van der Waals surface area contributed by atoms with E-state index in [-0.39, 0.29) is 5.41 Å². The molecule has 3 nitrogen and oxygen atoms in total. The number of anilines is 1. The number of nitrogen functional groups attached to an aromatic ring is 1. The minimum Gasteiger partial charge on any atom is -0.399 e. The van der Waals surface area contributed by atoms with Crippen molar-refractivity contribution in [2.24, 2.45) is 11.8 Å². The Morgan fingerprint density at radius 2 is 1.68 bits per heavy atom. The van der Waals surface area contributed by atoms with E-state index in [1.54, 1.807) is 0 Å². The molecule has 1 aromatic rings. The van der Waals surface area contributed by atoms with Gasteiger partial charge in [-0.25, -0.2) is 0 Å². The van der Waals surface area contributed by atoms with Crippen LogP contribution in [-0.4, -0.2) is 23.9 Å². The van der Waals surface area contributed by atoms with Gasteiger partial charge in [0.25, 0.3) is 0 Å². The van der Waals surface area contributed by atoms with Gasteiger partial charge in [-0.1, -0.05) is 26.0 Å². The molecule has 1 aliphatic carbocycles. The monoisotopic (exact) mass is 258 g/mol. The Hall–Kier alpha value is -1.51. The zero-order chi connectivity index (χ0) is 13.6. The molecule has 2 unspecified atom stereocenters. The van der Waals surface area contributed by atoms with E-state index < -0.39 is 0 Å². The third kappa shape index (κ3) is 2.01. The van der Waals surface area contributed by atoms with Crippen LogP contribution in [0.2, 0.25) is 0 Å². The van der Waals surface area contributed by atoms with Crippen LogP contribution in [0.5, 0.6) is 0 Å². The number of likely N-dealkylation sites (tertiary alicyclic amines) is 1. The Bertz CT molecular complexity index is 480. The summed E-state index contributed by atoms with van der Waals surface area (Å²) in [5.74, 6) is 1.56. The number of carbonyl (C=O) groups is 1. The molecule has 0 spiro atoms. The van der Waals surface area contributed by atoms with E-state index in [0.29, 0.717) is 17.7 Å². The lowest BCUT2D eigenvalue weighted by molar-refractivity contribution is -0.133. The van der Waals surface area contributed by atoms with Gasteiger partial charge in [0.1, 0.15) is 0 Å². The summed E-state index contributed by atoms with van der Waals surface area (Å²) in [6.45, 7) is 6.30. The molecule has 2 aliphatic rings. The molecule has 1 saturated carbocycles. The number of amides is 1. The van der Waals surface area contributed by atoms with Gasteiger partial charge in [0.2, 0.25) is 5.91 Å². The van der Waals surface area contributed by atoms with Crippen LogP contribution in [-0.2, 0) is 10.2 Å². The van der Waals surface area contributed by atoms with Crippen molar-refractivity contribution in [1.29, 1.82) is 0 Å². The highest BCUT2D eigenvalue weighted by Gasteiger charge is 2.53. The molecule has 1 aromatic carbocycles. The largest absolute Gasteiger partial charge is 0.399 e. The summed E-state index contributed by atoms with van der Waals surface area (Å²) in [5, 5.41) is 0. The fourth-order valence-corrected chi connectivity index (χ4v) is 3.15. The van der Waals surface area contributed by atoms with Crippen molar-refractivity contribution in [3.63, 3.8) is 0 Å². The Labute approximate surface area is 114 Å². The van der Waals surface area contributed by atoms with Crippen molar-refractivity contribution < 1.29 is 4.79 Å².